The second kappa shape index (κ2) is 6.72. The molecule has 0 fully saturated rings. The fourth-order valence-electron chi connectivity index (χ4n) is 2.83. The number of aromatic amines is 2. The maximum absolute atomic E-state index is 12.4. The van der Waals surface area contributed by atoms with Gasteiger partial charge >= 0.3 is 11.7 Å². The summed E-state index contributed by atoms with van der Waals surface area (Å²) in [5.41, 5.74) is 4.76. The van der Waals surface area contributed by atoms with Crippen molar-refractivity contribution in [3.63, 3.8) is 0 Å². The summed E-state index contributed by atoms with van der Waals surface area (Å²) in [7, 11) is 1.38. The number of nitrogens with zero attached hydrogens (tertiary/aromatic N) is 1. The number of nitrogens with one attached hydrogen (secondary N) is 2. The van der Waals surface area contributed by atoms with E-state index in [1.807, 2.05) is 6.07 Å². The molecule has 0 spiro atoms. The third-order valence-electron chi connectivity index (χ3n) is 3.89. The van der Waals surface area contributed by atoms with Crippen LogP contribution in [0.15, 0.2) is 39.2 Å². The summed E-state index contributed by atoms with van der Waals surface area (Å²) < 4.78 is 15.5. The lowest BCUT2D eigenvalue weighted by atomic mass is 9.85. The van der Waals surface area contributed by atoms with Crippen LogP contribution in [-0.4, -0.2) is 23.0 Å². The zero-order chi connectivity index (χ0) is 19.7. The molecule has 1 atom stereocenters. The first kappa shape index (κ1) is 17.8. The van der Waals surface area contributed by atoms with Crippen molar-refractivity contribution in [2.75, 3.05) is 7.11 Å². The maximum Gasteiger partial charge on any atom is 0.328 e. The minimum Gasteiger partial charge on any atom is -0.493 e. The van der Waals surface area contributed by atoms with E-state index in [1.165, 1.54) is 26.2 Å². The third-order valence-corrected chi connectivity index (χ3v) is 3.89. The van der Waals surface area contributed by atoms with Crippen molar-refractivity contribution < 1.29 is 19.0 Å². The Kier molecular flexibility index (Phi) is 4.43. The topological polar surface area (TPSA) is 160 Å². The molecule has 3 rings (SSSR count). The minimum absolute atomic E-state index is 0.0117. The number of aromatic nitrogens is 2. The molecule has 27 heavy (non-hydrogen) atoms. The van der Waals surface area contributed by atoms with Crippen LogP contribution in [0.4, 0.5) is 0 Å². The molecular formula is C17H14N4O6. The lowest BCUT2D eigenvalue weighted by Crippen LogP contribution is -2.33. The molecule has 1 aromatic carbocycles. The fourth-order valence-corrected chi connectivity index (χ4v) is 2.83. The van der Waals surface area contributed by atoms with Crippen molar-refractivity contribution in [3.8, 4) is 23.4 Å². The van der Waals surface area contributed by atoms with Crippen LogP contribution in [0.5, 0.6) is 17.4 Å². The second-order valence-electron chi connectivity index (χ2n) is 5.58. The molecule has 1 aromatic heterocycles. The first-order valence-electron chi connectivity index (χ1n) is 7.66. The Morgan fingerprint density at radius 3 is 2.67 bits per heavy atom. The van der Waals surface area contributed by atoms with E-state index >= 15 is 0 Å². The first-order valence-corrected chi connectivity index (χ1v) is 7.66. The van der Waals surface area contributed by atoms with Gasteiger partial charge in [-0.3, -0.25) is 19.6 Å². The molecule has 1 aliphatic heterocycles. The molecule has 2 aromatic rings. The highest BCUT2D eigenvalue weighted by molar-refractivity contribution is 5.70. The van der Waals surface area contributed by atoms with Crippen LogP contribution in [0.3, 0.4) is 0 Å². The molecule has 10 heteroatoms. The van der Waals surface area contributed by atoms with E-state index in [-0.39, 0.29) is 34.4 Å². The molecule has 4 N–H and O–H groups in total. The van der Waals surface area contributed by atoms with Crippen LogP contribution < -0.4 is 31.2 Å². The zero-order valence-corrected chi connectivity index (χ0v) is 14.3. The molecule has 0 radical (unpaired) electrons. The number of fused-ring (bicyclic) bond motifs is 1. The summed E-state index contributed by atoms with van der Waals surface area (Å²) in [6, 6.07) is 6.45. The van der Waals surface area contributed by atoms with Gasteiger partial charge in [0.1, 0.15) is 11.6 Å². The summed E-state index contributed by atoms with van der Waals surface area (Å²) in [5.74, 6) is -1.44. The molecule has 0 bridgehead atoms. The van der Waals surface area contributed by atoms with Gasteiger partial charge < -0.3 is 19.9 Å². The SMILES string of the molecule is COc1cc(C2C(C#N)=C(N)Oc3[nH]c(=O)[nH]c(=O)c32)ccc1OC(C)=O. The second-order valence-corrected chi connectivity index (χ2v) is 5.58. The number of rotatable bonds is 3. The third kappa shape index (κ3) is 3.13. The molecule has 138 valence electrons. The van der Waals surface area contributed by atoms with Gasteiger partial charge in [0.15, 0.2) is 11.5 Å². The predicted molar refractivity (Wildman–Crippen MR) is 91.3 cm³/mol. The highest BCUT2D eigenvalue weighted by atomic mass is 16.6. The Labute approximate surface area is 151 Å². The van der Waals surface area contributed by atoms with E-state index in [9.17, 15) is 19.6 Å². The minimum atomic E-state index is -0.917. The molecular weight excluding hydrogens is 356 g/mol. The highest BCUT2D eigenvalue weighted by Crippen LogP contribution is 2.41. The normalized spacial score (nSPS) is 15.4. The standard InChI is InChI=1S/C17H14N4O6/c1-7(22)26-10-4-3-8(5-11(10)25-2)12-9(6-18)14(19)27-16-13(12)15(23)20-17(24)21-16/h3-5,12H,19H2,1-2H3,(H2,20,21,23,24). The quantitative estimate of drug-likeness (QED) is 0.510. The maximum atomic E-state index is 12.4. The van der Waals surface area contributed by atoms with Gasteiger partial charge in [-0.05, 0) is 17.7 Å². The van der Waals surface area contributed by atoms with Crippen molar-refractivity contribution >= 4 is 5.97 Å². The van der Waals surface area contributed by atoms with Crippen LogP contribution in [0.25, 0.3) is 0 Å². The largest absolute Gasteiger partial charge is 0.493 e. The van der Waals surface area contributed by atoms with Crippen LogP contribution in [0, 0.1) is 11.3 Å². The van der Waals surface area contributed by atoms with Gasteiger partial charge in [0.2, 0.25) is 11.8 Å². The Balaban J connectivity index is 2.24. The van der Waals surface area contributed by atoms with Crippen LogP contribution in [0.1, 0.15) is 24.0 Å². The van der Waals surface area contributed by atoms with Gasteiger partial charge in [0.05, 0.1) is 18.6 Å². The number of carbonyl (C=O) groups excluding carboxylic acids is 1. The number of allylic oxidation sites excluding steroid dienone is 1. The van der Waals surface area contributed by atoms with E-state index in [0.717, 1.165) is 0 Å². The Morgan fingerprint density at radius 1 is 1.30 bits per heavy atom. The number of nitriles is 1. The molecule has 0 saturated heterocycles. The number of ether oxygens (including phenoxy) is 3. The van der Waals surface area contributed by atoms with E-state index in [0.29, 0.717) is 5.56 Å². The van der Waals surface area contributed by atoms with E-state index in [1.54, 1.807) is 6.07 Å². The Bertz CT molecular complexity index is 1120. The van der Waals surface area contributed by atoms with Crippen molar-refractivity contribution in [3.05, 3.63) is 61.6 Å². The zero-order valence-electron chi connectivity index (χ0n) is 14.3. The number of H-pyrrole nitrogens is 2. The van der Waals surface area contributed by atoms with E-state index in [2.05, 4.69) is 9.97 Å². The van der Waals surface area contributed by atoms with Gasteiger partial charge in [0.25, 0.3) is 5.56 Å². The molecule has 1 unspecified atom stereocenters. The average Bonchev–Trinajstić information content (AvgIpc) is 2.60. The number of benzene rings is 1. The molecule has 1 aliphatic rings. The number of hydrogen-bond donors (Lipinski definition) is 3. The summed E-state index contributed by atoms with van der Waals surface area (Å²) in [5, 5.41) is 9.51. The van der Waals surface area contributed by atoms with Crippen molar-refractivity contribution in [1.29, 1.82) is 5.26 Å². The fraction of sp³-hybridized carbons (Fsp3) is 0.176. The first-order chi connectivity index (χ1) is 12.8. The van der Waals surface area contributed by atoms with Gasteiger partial charge in [0, 0.05) is 6.92 Å². The molecule has 0 aliphatic carbocycles. The monoisotopic (exact) mass is 370 g/mol. The number of methoxy groups -OCH3 is 1. The van der Waals surface area contributed by atoms with Gasteiger partial charge in [-0.25, -0.2) is 4.79 Å². The van der Waals surface area contributed by atoms with Crippen LogP contribution in [0.2, 0.25) is 0 Å². The van der Waals surface area contributed by atoms with Gasteiger partial charge in [-0.1, -0.05) is 6.07 Å². The average molecular weight is 370 g/mol. The van der Waals surface area contributed by atoms with Crippen molar-refractivity contribution in [2.24, 2.45) is 5.73 Å². The lowest BCUT2D eigenvalue weighted by Gasteiger charge is -2.25. The van der Waals surface area contributed by atoms with Crippen molar-refractivity contribution in [1.82, 2.24) is 9.97 Å². The van der Waals surface area contributed by atoms with E-state index < -0.39 is 23.1 Å². The molecule has 2 heterocycles. The summed E-state index contributed by atoms with van der Waals surface area (Å²) in [6.45, 7) is 1.25. The Morgan fingerprint density at radius 2 is 2.04 bits per heavy atom. The summed E-state index contributed by atoms with van der Waals surface area (Å²) in [6.07, 6.45) is 0. The van der Waals surface area contributed by atoms with Crippen molar-refractivity contribution in [2.45, 2.75) is 12.8 Å². The van der Waals surface area contributed by atoms with Crippen LogP contribution >= 0.6 is 0 Å². The van der Waals surface area contributed by atoms with Crippen LogP contribution in [-0.2, 0) is 4.79 Å². The lowest BCUT2D eigenvalue weighted by molar-refractivity contribution is -0.132. The van der Waals surface area contributed by atoms with Gasteiger partial charge in [-0.15, -0.1) is 0 Å². The molecule has 0 saturated carbocycles. The van der Waals surface area contributed by atoms with Gasteiger partial charge in [-0.2, -0.15) is 5.26 Å². The smallest absolute Gasteiger partial charge is 0.328 e. The number of carbonyl (C=O) groups is 1. The summed E-state index contributed by atoms with van der Waals surface area (Å²) in [4.78, 5) is 39.6. The Hall–Kier alpha value is -4.00. The van der Waals surface area contributed by atoms with E-state index in [4.69, 9.17) is 19.9 Å². The number of nitrogens with two attached hydrogens (primary N) is 1. The number of esters is 1. The summed E-state index contributed by atoms with van der Waals surface area (Å²) >= 11 is 0. The predicted octanol–water partition coefficient (Wildman–Crippen LogP) is 0.215. The highest BCUT2D eigenvalue weighted by Gasteiger charge is 2.34. The molecule has 0 amide bonds. The molecule has 10 nitrogen and oxygen atoms in total. The number of hydrogen-bond acceptors (Lipinski definition) is 8.